The van der Waals surface area contributed by atoms with Crippen LogP contribution in [0.15, 0.2) is 53.4 Å². The second kappa shape index (κ2) is 8.32. The molecule has 0 aromatic heterocycles. The first kappa shape index (κ1) is 19.1. The summed E-state index contributed by atoms with van der Waals surface area (Å²) in [7, 11) is -3.60. The molecule has 1 heterocycles. The minimum atomic E-state index is -3.60. The van der Waals surface area contributed by atoms with Crippen molar-refractivity contribution in [2.75, 3.05) is 26.2 Å². The molecule has 138 valence electrons. The molecule has 0 N–H and O–H groups in total. The van der Waals surface area contributed by atoms with Crippen LogP contribution in [0.2, 0.25) is 0 Å². The van der Waals surface area contributed by atoms with Gasteiger partial charge in [0.15, 0.2) is 0 Å². The van der Waals surface area contributed by atoms with Crippen LogP contribution in [0.1, 0.15) is 23.1 Å². The van der Waals surface area contributed by atoms with Crippen LogP contribution >= 0.6 is 0 Å². The van der Waals surface area contributed by atoms with Crippen molar-refractivity contribution in [1.29, 1.82) is 10.5 Å². The minimum Gasteiger partial charge on any atom is -0.298 e. The van der Waals surface area contributed by atoms with Crippen molar-refractivity contribution in [3.8, 4) is 12.1 Å². The maximum absolute atomic E-state index is 12.9. The summed E-state index contributed by atoms with van der Waals surface area (Å²) in [5, 5.41) is 17.9. The lowest BCUT2D eigenvalue weighted by Gasteiger charge is -2.22. The second-order valence-corrected chi connectivity index (χ2v) is 8.42. The van der Waals surface area contributed by atoms with Gasteiger partial charge in [0, 0.05) is 26.2 Å². The highest BCUT2D eigenvalue weighted by Crippen LogP contribution is 2.19. The van der Waals surface area contributed by atoms with Crippen molar-refractivity contribution in [3.05, 3.63) is 65.2 Å². The number of nitriles is 2. The Balaban J connectivity index is 1.68. The van der Waals surface area contributed by atoms with Gasteiger partial charge in [0.1, 0.15) is 0 Å². The minimum absolute atomic E-state index is 0.169. The largest absolute Gasteiger partial charge is 0.298 e. The molecule has 7 heteroatoms. The van der Waals surface area contributed by atoms with Crippen LogP contribution in [-0.2, 0) is 16.6 Å². The molecule has 0 amide bonds. The van der Waals surface area contributed by atoms with E-state index in [9.17, 15) is 8.42 Å². The maximum Gasteiger partial charge on any atom is 0.243 e. The molecular formula is C20H20N4O2S. The zero-order chi connectivity index (χ0) is 19.3. The molecule has 0 aliphatic carbocycles. The fourth-order valence-corrected chi connectivity index (χ4v) is 4.68. The standard InChI is InChI=1S/C20H20N4O2S/c21-14-17-5-7-18(8-6-17)16-23-9-2-10-24(12-11-23)27(25,26)20-4-1-3-19(13-20)15-22/h1,3-8,13H,2,9-12,16H2. The Morgan fingerprint density at radius 2 is 1.63 bits per heavy atom. The highest BCUT2D eigenvalue weighted by Gasteiger charge is 2.27. The van der Waals surface area contributed by atoms with E-state index in [4.69, 9.17) is 10.5 Å². The molecule has 27 heavy (non-hydrogen) atoms. The second-order valence-electron chi connectivity index (χ2n) is 6.48. The highest BCUT2D eigenvalue weighted by atomic mass is 32.2. The quantitative estimate of drug-likeness (QED) is 0.812. The van der Waals surface area contributed by atoms with E-state index in [0.29, 0.717) is 30.8 Å². The van der Waals surface area contributed by atoms with Crippen LogP contribution in [0, 0.1) is 22.7 Å². The van der Waals surface area contributed by atoms with Crippen molar-refractivity contribution < 1.29 is 8.42 Å². The van der Waals surface area contributed by atoms with Crippen LogP contribution in [-0.4, -0.2) is 43.8 Å². The van der Waals surface area contributed by atoms with Crippen LogP contribution < -0.4 is 0 Å². The Bertz CT molecular complexity index is 988. The first-order chi connectivity index (χ1) is 13.0. The van der Waals surface area contributed by atoms with E-state index in [1.54, 1.807) is 24.3 Å². The molecular weight excluding hydrogens is 360 g/mol. The normalized spacial score (nSPS) is 16.2. The first-order valence-corrected chi connectivity index (χ1v) is 10.2. The van der Waals surface area contributed by atoms with E-state index in [0.717, 1.165) is 25.1 Å². The molecule has 6 nitrogen and oxygen atoms in total. The molecule has 2 aromatic carbocycles. The Labute approximate surface area is 159 Å². The SMILES string of the molecule is N#Cc1ccc(CN2CCCN(S(=O)(=O)c3cccc(C#N)c3)CC2)cc1. The van der Waals surface area contributed by atoms with Gasteiger partial charge in [-0.05, 0) is 48.9 Å². The van der Waals surface area contributed by atoms with Crippen molar-refractivity contribution in [2.24, 2.45) is 0 Å². The van der Waals surface area contributed by atoms with Crippen molar-refractivity contribution >= 4 is 10.0 Å². The first-order valence-electron chi connectivity index (χ1n) is 8.74. The third-order valence-electron chi connectivity index (χ3n) is 4.64. The monoisotopic (exact) mass is 380 g/mol. The predicted octanol–water partition coefficient (Wildman–Crippen LogP) is 2.33. The van der Waals surface area contributed by atoms with Gasteiger partial charge in [0.05, 0.1) is 28.2 Å². The lowest BCUT2D eigenvalue weighted by atomic mass is 10.1. The van der Waals surface area contributed by atoms with Crippen LogP contribution in [0.4, 0.5) is 0 Å². The molecule has 0 spiro atoms. The lowest BCUT2D eigenvalue weighted by Crippen LogP contribution is -2.35. The zero-order valence-electron chi connectivity index (χ0n) is 14.9. The highest BCUT2D eigenvalue weighted by molar-refractivity contribution is 7.89. The summed E-state index contributed by atoms with van der Waals surface area (Å²) in [6.07, 6.45) is 0.744. The molecule has 1 fully saturated rings. The molecule has 3 rings (SSSR count). The number of nitrogens with zero attached hydrogens (tertiary/aromatic N) is 4. The molecule has 1 aliphatic heterocycles. The van der Waals surface area contributed by atoms with Crippen LogP contribution in [0.3, 0.4) is 0 Å². The molecule has 1 saturated heterocycles. The molecule has 0 atom stereocenters. The topological polar surface area (TPSA) is 88.2 Å². The molecule has 0 radical (unpaired) electrons. The average Bonchev–Trinajstić information content (AvgIpc) is 2.95. The van der Waals surface area contributed by atoms with E-state index >= 15 is 0 Å². The number of hydrogen-bond donors (Lipinski definition) is 0. The van der Waals surface area contributed by atoms with E-state index in [-0.39, 0.29) is 4.90 Å². The summed E-state index contributed by atoms with van der Waals surface area (Å²) >= 11 is 0. The zero-order valence-corrected chi connectivity index (χ0v) is 15.7. The molecule has 0 bridgehead atoms. The Hall–Kier alpha value is -2.71. The van der Waals surface area contributed by atoms with Crippen LogP contribution in [0.5, 0.6) is 0 Å². The van der Waals surface area contributed by atoms with Gasteiger partial charge in [-0.3, -0.25) is 4.90 Å². The van der Waals surface area contributed by atoms with Gasteiger partial charge >= 0.3 is 0 Å². The summed E-state index contributed by atoms with van der Waals surface area (Å²) in [6, 6.07) is 17.7. The smallest absolute Gasteiger partial charge is 0.243 e. The van der Waals surface area contributed by atoms with Gasteiger partial charge in [-0.2, -0.15) is 14.8 Å². The van der Waals surface area contributed by atoms with Gasteiger partial charge in [0.25, 0.3) is 0 Å². The summed E-state index contributed by atoms with van der Waals surface area (Å²) in [5.74, 6) is 0. The van der Waals surface area contributed by atoms with Gasteiger partial charge in [-0.1, -0.05) is 18.2 Å². The summed E-state index contributed by atoms with van der Waals surface area (Å²) < 4.78 is 27.3. The lowest BCUT2D eigenvalue weighted by molar-refractivity contribution is 0.278. The van der Waals surface area contributed by atoms with Crippen molar-refractivity contribution in [3.63, 3.8) is 0 Å². The van der Waals surface area contributed by atoms with Gasteiger partial charge in [-0.25, -0.2) is 8.42 Å². The Kier molecular flexibility index (Phi) is 5.88. The predicted molar refractivity (Wildman–Crippen MR) is 101 cm³/mol. The van der Waals surface area contributed by atoms with Gasteiger partial charge < -0.3 is 0 Å². The van der Waals surface area contributed by atoms with Crippen LogP contribution in [0.25, 0.3) is 0 Å². The Morgan fingerprint density at radius 3 is 2.33 bits per heavy atom. The van der Waals surface area contributed by atoms with Gasteiger partial charge in [-0.15, -0.1) is 0 Å². The van der Waals surface area contributed by atoms with E-state index in [1.807, 2.05) is 18.2 Å². The van der Waals surface area contributed by atoms with Crippen molar-refractivity contribution in [2.45, 2.75) is 17.9 Å². The number of rotatable bonds is 4. The molecule has 2 aromatic rings. The Morgan fingerprint density at radius 1 is 0.889 bits per heavy atom. The maximum atomic E-state index is 12.9. The fraction of sp³-hybridized carbons (Fsp3) is 0.300. The fourth-order valence-electron chi connectivity index (χ4n) is 3.16. The molecule has 0 saturated carbocycles. The number of sulfonamides is 1. The summed E-state index contributed by atoms with van der Waals surface area (Å²) in [6.45, 7) is 3.04. The number of hydrogen-bond acceptors (Lipinski definition) is 5. The third-order valence-corrected chi connectivity index (χ3v) is 6.53. The summed E-state index contributed by atoms with van der Waals surface area (Å²) in [4.78, 5) is 2.39. The van der Waals surface area contributed by atoms with E-state index < -0.39 is 10.0 Å². The van der Waals surface area contributed by atoms with Crippen molar-refractivity contribution in [1.82, 2.24) is 9.21 Å². The molecule has 1 aliphatic rings. The van der Waals surface area contributed by atoms with E-state index in [1.165, 1.54) is 16.4 Å². The molecule has 0 unspecified atom stereocenters. The van der Waals surface area contributed by atoms with Gasteiger partial charge in [0.2, 0.25) is 10.0 Å². The third kappa shape index (κ3) is 4.53. The number of benzene rings is 2. The average molecular weight is 380 g/mol. The summed E-state index contributed by atoms with van der Waals surface area (Å²) in [5.41, 5.74) is 2.08. The van der Waals surface area contributed by atoms with E-state index in [2.05, 4.69) is 11.0 Å².